The highest BCUT2D eigenvalue weighted by molar-refractivity contribution is 8.13. The van der Waals surface area contributed by atoms with Crippen LogP contribution < -0.4 is 9.47 Å². The molecule has 1 aliphatic heterocycles. The third-order valence-electron chi connectivity index (χ3n) is 2.35. The molecule has 0 aromatic heterocycles. The van der Waals surface area contributed by atoms with Crippen LogP contribution in [0.3, 0.4) is 0 Å². The number of hydrogen-bond donors (Lipinski definition) is 0. The highest BCUT2D eigenvalue weighted by Gasteiger charge is 2.18. The fourth-order valence-corrected chi connectivity index (χ4v) is 2.59. The second-order valence-corrected chi connectivity index (χ2v) is 6.34. The Kier molecular flexibility index (Phi) is 3.46. The van der Waals surface area contributed by atoms with Crippen LogP contribution in [0.2, 0.25) is 0 Å². The van der Waals surface area contributed by atoms with Crippen molar-refractivity contribution in [2.75, 3.05) is 13.9 Å². The first-order chi connectivity index (χ1) is 7.99. The van der Waals surface area contributed by atoms with E-state index in [1.54, 1.807) is 12.1 Å². The minimum absolute atomic E-state index is 0.159. The average molecular weight is 279 g/mol. The van der Waals surface area contributed by atoms with Crippen molar-refractivity contribution in [2.24, 2.45) is 0 Å². The first-order valence-corrected chi connectivity index (χ1v) is 7.30. The number of benzene rings is 1. The molecule has 0 unspecified atom stereocenters. The standard InChI is InChI=1S/C10H11ClO5S/c1-14-9-2-7-4-15-6-16-10(7)3-8(9)5-17(11,12)13/h2-3H,4-6H2,1H3. The predicted octanol–water partition coefficient (Wildman–Crippen LogP) is 1.63. The predicted molar refractivity (Wildman–Crippen MR) is 61.8 cm³/mol. The topological polar surface area (TPSA) is 61.8 Å². The van der Waals surface area contributed by atoms with Crippen molar-refractivity contribution in [3.8, 4) is 11.5 Å². The molecule has 0 saturated heterocycles. The van der Waals surface area contributed by atoms with Gasteiger partial charge in [0.05, 0.1) is 19.5 Å². The van der Waals surface area contributed by atoms with E-state index in [4.69, 9.17) is 24.9 Å². The van der Waals surface area contributed by atoms with Gasteiger partial charge in [-0.25, -0.2) is 8.42 Å². The summed E-state index contributed by atoms with van der Waals surface area (Å²) in [5, 5.41) is 0. The molecule has 0 amide bonds. The van der Waals surface area contributed by atoms with Crippen molar-refractivity contribution >= 4 is 19.7 Å². The first-order valence-electron chi connectivity index (χ1n) is 4.82. The van der Waals surface area contributed by atoms with Gasteiger partial charge in [-0.1, -0.05) is 0 Å². The summed E-state index contributed by atoms with van der Waals surface area (Å²) in [7, 11) is 3.07. The molecule has 0 N–H and O–H groups in total. The van der Waals surface area contributed by atoms with Gasteiger partial charge in [-0.05, 0) is 12.1 Å². The third kappa shape index (κ3) is 3.02. The number of halogens is 1. The van der Waals surface area contributed by atoms with E-state index >= 15 is 0 Å². The van der Waals surface area contributed by atoms with E-state index in [2.05, 4.69) is 0 Å². The number of hydrogen-bond acceptors (Lipinski definition) is 5. The Hall–Kier alpha value is -0.980. The molecule has 0 radical (unpaired) electrons. The molecule has 1 heterocycles. The van der Waals surface area contributed by atoms with Gasteiger partial charge in [0.15, 0.2) is 6.79 Å². The molecule has 7 heteroatoms. The Morgan fingerprint density at radius 2 is 2.24 bits per heavy atom. The Bertz CT molecular complexity index is 526. The Balaban J connectivity index is 2.43. The summed E-state index contributed by atoms with van der Waals surface area (Å²) in [6.07, 6.45) is 0. The molecule has 2 rings (SSSR count). The van der Waals surface area contributed by atoms with Crippen LogP contribution in [0.1, 0.15) is 11.1 Å². The summed E-state index contributed by atoms with van der Waals surface area (Å²) in [5.41, 5.74) is 1.30. The zero-order valence-corrected chi connectivity index (χ0v) is 10.7. The molecule has 94 valence electrons. The van der Waals surface area contributed by atoms with E-state index in [9.17, 15) is 8.42 Å². The molecular weight excluding hydrogens is 268 g/mol. The maximum absolute atomic E-state index is 11.1. The lowest BCUT2D eigenvalue weighted by Crippen LogP contribution is -2.12. The summed E-state index contributed by atoms with van der Waals surface area (Å²) in [6, 6.07) is 3.32. The number of methoxy groups -OCH3 is 1. The fraction of sp³-hybridized carbons (Fsp3) is 0.400. The van der Waals surface area contributed by atoms with Gasteiger partial charge < -0.3 is 14.2 Å². The van der Waals surface area contributed by atoms with Crippen LogP contribution >= 0.6 is 10.7 Å². The van der Waals surface area contributed by atoms with E-state index in [0.717, 1.165) is 5.56 Å². The molecule has 0 atom stereocenters. The van der Waals surface area contributed by atoms with Crippen molar-refractivity contribution in [3.05, 3.63) is 23.3 Å². The van der Waals surface area contributed by atoms with Gasteiger partial charge in [-0.2, -0.15) is 0 Å². The zero-order valence-electron chi connectivity index (χ0n) is 9.10. The SMILES string of the molecule is COc1cc2c(cc1CS(=O)(=O)Cl)OCOC2. The van der Waals surface area contributed by atoms with Crippen LogP contribution in [0.5, 0.6) is 11.5 Å². The smallest absolute Gasteiger partial charge is 0.236 e. The lowest BCUT2D eigenvalue weighted by molar-refractivity contribution is -0.0165. The van der Waals surface area contributed by atoms with E-state index < -0.39 is 9.05 Å². The number of ether oxygens (including phenoxy) is 3. The van der Waals surface area contributed by atoms with Crippen molar-refractivity contribution in [1.82, 2.24) is 0 Å². The highest BCUT2D eigenvalue weighted by atomic mass is 35.7. The first kappa shape index (κ1) is 12.5. The number of rotatable bonds is 3. The fourth-order valence-electron chi connectivity index (χ4n) is 1.64. The number of fused-ring (bicyclic) bond motifs is 1. The van der Waals surface area contributed by atoms with Crippen molar-refractivity contribution < 1.29 is 22.6 Å². The Labute approximate surface area is 104 Å². The van der Waals surface area contributed by atoms with Crippen LogP contribution in [0.15, 0.2) is 12.1 Å². The van der Waals surface area contributed by atoms with Gasteiger partial charge in [0, 0.05) is 21.8 Å². The van der Waals surface area contributed by atoms with Crippen molar-refractivity contribution in [3.63, 3.8) is 0 Å². The third-order valence-corrected chi connectivity index (χ3v) is 3.33. The molecule has 0 saturated carbocycles. The Morgan fingerprint density at radius 1 is 1.47 bits per heavy atom. The van der Waals surface area contributed by atoms with Gasteiger partial charge in [-0.3, -0.25) is 0 Å². The quantitative estimate of drug-likeness (QED) is 0.787. The van der Waals surface area contributed by atoms with Crippen LogP contribution in [-0.4, -0.2) is 22.3 Å². The summed E-state index contributed by atoms with van der Waals surface area (Å²) < 4.78 is 37.7. The lowest BCUT2D eigenvalue weighted by atomic mass is 10.1. The zero-order chi connectivity index (χ0) is 12.5. The van der Waals surface area contributed by atoms with Gasteiger partial charge in [0.2, 0.25) is 9.05 Å². The molecule has 17 heavy (non-hydrogen) atoms. The molecule has 0 aliphatic carbocycles. The normalized spacial score (nSPS) is 14.9. The molecule has 0 bridgehead atoms. The summed E-state index contributed by atoms with van der Waals surface area (Å²) in [6.45, 7) is 0.575. The Morgan fingerprint density at radius 3 is 2.88 bits per heavy atom. The maximum Gasteiger partial charge on any atom is 0.236 e. The summed E-state index contributed by atoms with van der Waals surface area (Å²) in [5.74, 6) is 0.768. The van der Waals surface area contributed by atoms with Gasteiger partial charge in [0.25, 0.3) is 0 Å². The molecule has 5 nitrogen and oxygen atoms in total. The van der Waals surface area contributed by atoms with E-state index in [1.807, 2.05) is 0 Å². The molecule has 1 aromatic rings. The van der Waals surface area contributed by atoms with Crippen LogP contribution in [0.4, 0.5) is 0 Å². The van der Waals surface area contributed by atoms with Crippen LogP contribution in [-0.2, 0) is 26.1 Å². The van der Waals surface area contributed by atoms with E-state index in [-0.39, 0.29) is 12.5 Å². The summed E-state index contributed by atoms with van der Waals surface area (Å²) >= 11 is 0. The molecule has 0 spiro atoms. The molecule has 1 aliphatic rings. The molecular formula is C10H11ClO5S. The van der Waals surface area contributed by atoms with Crippen LogP contribution in [0, 0.1) is 0 Å². The second-order valence-electron chi connectivity index (χ2n) is 3.57. The second kappa shape index (κ2) is 4.72. The minimum Gasteiger partial charge on any atom is -0.496 e. The lowest BCUT2D eigenvalue weighted by Gasteiger charge is -2.19. The van der Waals surface area contributed by atoms with Gasteiger partial charge >= 0.3 is 0 Å². The molecule has 1 aromatic carbocycles. The van der Waals surface area contributed by atoms with Crippen LogP contribution in [0.25, 0.3) is 0 Å². The largest absolute Gasteiger partial charge is 0.496 e. The van der Waals surface area contributed by atoms with Crippen molar-refractivity contribution in [1.29, 1.82) is 0 Å². The average Bonchev–Trinajstić information content (AvgIpc) is 2.26. The molecule has 0 fully saturated rings. The van der Waals surface area contributed by atoms with Gasteiger partial charge in [-0.15, -0.1) is 0 Å². The van der Waals surface area contributed by atoms with Gasteiger partial charge in [0.1, 0.15) is 11.5 Å². The van der Waals surface area contributed by atoms with Crippen molar-refractivity contribution in [2.45, 2.75) is 12.4 Å². The minimum atomic E-state index is -3.63. The monoisotopic (exact) mass is 278 g/mol. The van der Waals surface area contributed by atoms with E-state index in [0.29, 0.717) is 23.7 Å². The highest BCUT2D eigenvalue weighted by Crippen LogP contribution is 2.33. The maximum atomic E-state index is 11.1. The van der Waals surface area contributed by atoms with E-state index in [1.165, 1.54) is 7.11 Å². The summed E-state index contributed by atoms with van der Waals surface area (Å²) in [4.78, 5) is 0.